The smallest absolute Gasteiger partial charge is 0.317 e. The first kappa shape index (κ1) is 11.6. The average Bonchev–Trinajstić information content (AvgIpc) is 2.20. The fourth-order valence-electron chi connectivity index (χ4n) is 2.10. The number of nitrogens with zero attached hydrogens (tertiary/aromatic N) is 1. The zero-order valence-corrected chi connectivity index (χ0v) is 9.11. The highest BCUT2D eigenvalue weighted by atomic mass is 35.5. The minimum Gasteiger partial charge on any atom is -0.338 e. The lowest BCUT2D eigenvalue weighted by atomic mass is 10.1. The Bertz CT molecular complexity index is 194. The maximum Gasteiger partial charge on any atom is 0.317 e. The van der Waals surface area contributed by atoms with Gasteiger partial charge in [0, 0.05) is 25.7 Å². The molecule has 0 bridgehead atoms. The summed E-state index contributed by atoms with van der Waals surface area (Å²) < 4.78 is 0. The number of rotatable bonds is 1. The minimum absolute atomic E-state index is 0. The lowest BCUT2D eigenvalue weighted by Crippen LogP contribution is -2.55. The van der Waals surface area contributed by atoms with Gasteiger partial charge in [0.05, 0.1) is 0 Å². The van der Waals surface area contributed by atoms with Crippen molar-refractivity contribution in [2.75, 3.05) is 26.2 Å². The molecule has 0 saturated carbocycles. The number of hydrogen-bond acceptors (Lipinski definition) is 2. The van der Waals surface area contributed by atoms with Crippen LogP contribution in [0.5, 0.6) is 0 Å². The predicted octanol–water partition coefficient (Wildman–Crippen LogP) is 0.575. The van der Waals surface area contributed by atoms with Crippen LogP contribution in [0, 0.1) is 0 Å². The highest BCUT2D eigenvalue weighted by molar-refractivity contribution is 5.85. The van der Waals surface area contributed by atoms with Crippen molar-refractivity contribution in [1.82, 2.24) is 15.5 Å². The van der Waals surface area contributed by atoms with Crippen molar-refractivity contribution in [3.63, 3.8) is 0 Å². The van der Waals surface area contributed by atoms with Crippen LogP contribution < -0.4 is 10.6 Å². The van der Waals surface area contributed by atoms with Crippen LogP contribution in [0.1, 0.15) is 19.3 Å². The maximum atomic E-state index is 11.5. The molecule has 2 amide bonds. The largest absolute Gasteiger partial charge is 0.338 e. The molecule has 0 radical (unpaired) electrons. The predicted molar refractivity (Wildman–Crippen MR) is 57.9 cm³/mol. The molecule has 2 aliphatic rings. The quantitative estimate of drug-likeness (QED) is 0.678. The molecule has 1 atom stereocenters. The first-order valence-electron chi connectivity index (χ1n) is 5.13. The van der Waals surface area contributed by atoms with E-state index in [1.807, 2.05) is 4.90 Å². The zero-order chi connectivity index (χ0) is 9.10. The molecule has 0 aliphatic carbocycles. The summed E-state index contributed by atoms with van der Waals surface area (Å²) in [5.74, 6) is 0. The van der Waals surface area contributed by atoms with Crippen molar-refractivity contribution in [2.45, 2.75) is 25.3 Å². The molecular formula is C9H18ClN3O. The van der Waals surface area contributed by atoms with E-state index in [0.717, 1.165) is 39.0 Å². The molecule has 4 nitrogen and oxygen atoms in total. The molecule has 2 rings (SSSR count). The van der Waals surface area contributed by atoms with Crippen LogP contribution >= 0.6 is 12.4 Å². The molecule has 82 valence electrons. The molecule has 5 heteroatoms. The Kier molecular flexibility index (Phi) is 4.48. The number of carbonyl (C=O) groups is 1. The van der Waals surface area contributed by atoms with E-state index in [2.05, 4.69) is 10.6 Å². The van der Waals surface area contributed by atoms with Crippen molar-refractivity contribution >= 4 is 18.4 Å². The van der Waals surface area contributed by atoms with Crippen molar-refractivity contribution in [3.05, 3.63) is 0 Å². The van der Waals surface area contributed by atoms with Crippen molar-refractivity contribution in [2.24, 2.45) is 0 Å². The van der Waals surface area contributed by atoms with Gasteiger partial charge < -0.3 is 15.5 Å². The number of urea groups is 1. The summed E-state index contributed by atoms with van der Waals surface area (Å²) in [6, 6.07) is 0.550. The monoisotopic (exact) mass is 219 g/mol. The van der Waals surface area contributed by atoms with E-state index in [1.54, 1.807) is 0 Å². The third-order valence-electron chi connectivity index (χ3n) is 2.82. The van der Waals surface area contributed by atoms with Gasteiger partial charge in [0.2, 0.25) is 0 Å². The molecule has 2 aliphatic heterocycles. The summed E-state index contributed by atoms with van der Waals surface area (Å²) in [6.45, 7) is 3.84. The Hall–Kier alpha value is -0.480. The summed E-state index contributed by atoms with van der Waals surface area (Å²) in [7, 11) is 0. The van der Waals surface area contributed by atoms with Crippen molar-refractivity contribution < 1.29 is 4.79 Å². The lowest BCUT2D eigenvalue weighted by Gasteiger charge is -2.37. The van der Waals surface area contributed by atoms with Crippen LogP contribution in [0.15, 0.2) is 0 Å². The van der Waals surface area contributed by atoms with E-state index < -0.39 is 0 Å². The summed E-state index contributed by atoms with van der Waals surface area (Å²) >= 11 is 0. The Morgan fingerprint density at radius 2 is 2.14 bits per heavy atom. The second kappa shape index (κ2) is 5.41. The molecule has 2 N–H and O–H groups in total. The van der Waals surface area contributed by atoms with E-state index in [1.165, 1.54) is 6.42 Å². The van der Waals surface area contributed by atoms with Gasteiger partial charge >= 0.3 is 6.03 Å². The van der Waals surface area contributed by atoms with Crippen LogP contribution in [0.4, 0.5) is 4.79 Å². The average molecular weight is 220 g/mol. The standard InChI is InChI=1S/C9H17N3O.ClH/c13-9-11-5-2-6-12(9)8-3-1-4-10-7-8;/h8,10H,1-7H2,(H,11,13);1H/t8-;/m1./s1. The molecule has 0 aromatic heterocycles. The van der Waals surface area contributed by atoms with Crippen LogP contribution in [0.3, 0.4) is 0 Å². The Labute approximate surface area is 90.8 Å². The molecule has 0 aromatic rings. The van der Waals surface area contributed by atoms with E-state index in [-0.39, 0.29) is 18.4 Å². The van der Waals surface area contributed by atoms with Crippen LogP contribution in [0.2, 0.25) is 0 Å². The zero-order valence-electron chi connectivity index (χ0n) is 8.29. The fraction of sp³-hybridized carbons (Fsp3) is 0.889. The Balaban J connectivity index is 0.000000980. The second-order valence-electron chi connectivity index (χ2n) is 3.78. The van der Waals surface area contributed by atoms with Gasteiger partial charge in [-0.25, -0.2) is 4.79 Å². The van der Waals surface area contributed by atoms with E-state index in [9.17, 15) is 4.79 Å². The van der Waals surface area contributed by atoms with Crippen molar-refractivity contribution in [3.8, 4) is 0 Å². The van der Waals surface area contributed by atoms with Gasteiger partial charge in [-0.05, 0) is 25.8 Å². The van der Waals surface area contributed by atoms with Gasteiger partial charge in [0.1, 0.15) is 0 Å². The summed E-state index contributed by atoms with van der Waals surface area (Å²) in [5, 5.41) is 6.22. The van der Waals surface area contributed by atoms with Gasteiger partial charge in [0.25, 0.3) is 0 Å². The number of amides is 2. The highest BCUT2D eigenvalue weighted by Crippen LogP contribution is 2.12. The van der Waals surface area contributed by atoms with Gasteiger partial charge in [-0.2, -0.15) is 0 Å². The van der Waals surface area contributed by atoms with E-state index >= 15 is 0 Å². The summed E-state index contributed by atoms with van der Waals surface area (Å²) in [5.41, 5.74) is 0. The molecule has 2 saturated heterocycles. The fourth-order valence-corrected chi connectivity index (χ4v) is 2.10. The molecule has 2 fully saturated rings. The van der Waals surface area contributed by atoms with Gasteiger partial charge in [-0.1, -0.05) is 0 Å². The van der Waals surface area contributed by atoms with Crippen LogP contribution in [-0.2, 0) is 0 Å². The molecule has 0 unspecified atom stereocenters. The maximum absolute atomic E-state index is 11.5. The SMILES string of the molecule is Cl.O=C1NCCCN1[C@@H]1CCCNC1. The first-order chi connectivity index (χ1) is 6.38. The normalized spacial score (nSPS) is 27.9. The number of halogens is 1. The van der Waals surface area contributed by atoms with E-state index in [0.29, 0.717) is 6.04 Å². The molecular weight excluding hydrogens is 202 g/mol. The number of hydrogen-bond donors (Lipinski definition) is 2. The summed E-state index contributed by atoms with van der Waals surface area (Å²) in [6.07, 6.45) is 3.43. The van der Waals surface area contributed by atoms with E-state index in [4.69, 9.17) is 0 Å². The molecule has 0 spiro atoms. The lowest BCUT2D eigenvalue weighted by molar-refractivity contribution is 0.148. The first-order valence-corrected chi connectivity index (χ1v) is 5.13. The Morgan fingerprint density at radius 3 is 2.79 bits per heavy atom. The van der Waals surface area contributed by atoms with Gasteiger partial charge in [-0.3, -0.25) is 0 Å². The topological polar surface area (TPSA) is 44.4 Å². The number of piperidine rings is 1. The minimum atomic E-state index is 0. The molecule has 14 heavy (non-hydrogen) atoms. The number of nitrogens with one attached hydrogen (secondary N) is 2. The van der Waals surface area contributed by atoms with Gasteiger partial charge in [-0.15, -0.1) is 12.4 Å². The van der Waals surface area contributed by atoms with Crippen molar-refractivity contribution in [1.29, 1.82) is 0 Å². The number of carbonyl (C=O) groups excluding carboxylic acids is 1. The highest BCUT2D eigenvalue weighted by Gasteiger charge is 2.26. The third kappa shape index (κ3) is 2.51. The Morgan fingerprint density at radius 1 is 1.29 bits per heavy atom. The second-order valence-corrected chi connectivity index (χ2v) is 3.78. The van der Waals surface area contributed by atoms with Crippen LogP contribution in [0.25, 0.3) is 0 Å². The molecule has 0 aromatic carbocycles. The van der Waals surface area contributed by atoms with Gasteiger partial charge in [0.15, 0.2) is 0 Å². The summed E-state index contributed by atoms with van der Waals surface area (Å²) in [4.78, 5) is 13.5. The molecule has 2 heterocycles. The van der Waals surface area contributed by atoms with Crippen LogP contribution in [-0.4, -0.2) is 43.2 Å². The third-order valence-corrected chi connectivity index (χ3v) is 2.82.